The fourth-order valence-electron chi connectivity index (χ4n) is 3.55. The highest BCUT2D eigenvalue weighted by Gasteiger charge is 2.36. The summed E-state index contributed by atoms with van der Waals surface area (Å²) in [7, 11) is 1.40. The van der Waals surface area contributed by atoms with Crippen molar-refractivity contribution in [2.75, 3.05) is 42.3 Å². The number of ether oxygens (including phenoxy) is 1. The maximum absolute atomic E-state index is 14.4. The average molecular weight is 481 g/mol. The molecule has 4 heterocycles. The molecular weight excluding hydrogens is 458 g/mol. The Kier molecular flexibility index (Phi) is 6.77. The van der Waals surface area contributed by atoms with Crippen molar-refractivity contribution in [1.82, 2.24) is 30.1 Å². The van der Waals surface area contributed by atoms with Crippen molar-refractivity contribution < 1.29 is 22.3 Å². The highest BCUT2D eigenvalue weighted by Crippen LogP contribution is 2.30. The molecular formula is C20H23F4N9O. The molecule has 1 aliphatic rings. The lowest BCUT2D eigenvalue weighted by Gasteiger charge is -2.32. The Hall–Kier alpha value is -3.55. The molecule has 0 amide bonds. The van der Waals surface area contributed by atoms with Gasteiger partial charge in [0.15, 0.2) is 5.82 Å². The van der Waals surface area contributed by atoms with Gasteiger partial charge >= 0.3 is 0 Å². The van der Waals surface area contributed by atoms with E-state index >= 15 is 0 Å². The van der Waals surface area contributed by atoms with Crippen LogP contribution in [0, 0.1) is 18.6 Å². The summed E-state index contributed by atoms with van der Waals surface area (Å²) in [6.45, 7) is 1.53. The molecule has 4 rings (SSSR count). The van der Waals surface area contributed by atoms with Crippen molar-refractivity contribution in [2.45, 2.75) is 31.7 Å². The molecule has 1 unspecified atom stereocenters. The van der Waals surface area contributed by atoms with E-state index in [1.54, 1.807) is 13.0 Å². The van der Waals surface area contributed by atoms with E-state index < -0.39 is 30.1 Å². The first-order valence-corrected chi connectivity index (χ1v) is 10.5. The highest BCUT2D eigenvalue weighted by atomic mass is 19.3. The lowest BCUT2D eigenvalue weighted by atomic mass is 10.1. The van der Waals surface area contributed by atoms with Crippen LogP contribution in [0.3, 0.4) is 0 Å². The van der Waals surface area contributed by atoms with E-state index in [0.29, 0.717) is 18.4 Å². The number of aryl methyl sites for hydroxylation is 1. The maximum atomic E-state index is 14.4. The van der Waals surface area contributed by atoms with Gasteiger partial charge < -0.3 is 20.3 Å². The van der Waals surface area contributed by atoms with Gasteiger partial charge in [0.25, 0.3) is 5.92 Å². The number of halogens is 4. The second-order valence-electron chi connectivity index (χ2n) is 7.90. The molecule has 34 heavy (non-hydrogen) atoms. The Morgan fingerprint density at radius 2 is 2.00 bits per heavy atom. The Morgan fingerprint density at radius 3 is 2.68 bits per heavy atom. The minimum Gasteiger partial charge on any atom is -0.382 e. The average Bonchev–Trinajstić information content (AvgIpc) is 3.17. The molecule has 14 heteroatoms. The third-order valence-electron chi connectivity index (χ3n) is 5.05. The number of hydrogen-bond donors (Lipinski definition) is 3. The lowest BCUT2D eigenvalue weighted by Crippen LogP contribution is -2.43. The van der Waals surface area contributed by atoms with Crippen molar-refractivity contribution >= 4 is 23.7 Å². The minimum atomic E-state index is -2.88. The largest absolute Gasteiger partial charge is 0.382 e. The lowest BCUT2D eigenvalue weighted by molar-refractivity contribution is -0.0120. The predicted molar refractivity (Wildman–Crippen MR) is 115 cm³/mol. The van der Waals surface area contributed by atoms with Gasteiger partial charge in [0.1, 0.15) is 17.3 Å². The number of pyridine rings is 1. The number of methoxy groups -OCH3 is 1. The van der Waals surface area contributed by atoms with E-state index in [9.17, 15) is 17.6 Å². The first-order chi connectivity index (χ1) is 16.2. The number of nitrogens with one attached hydrogen (secondary N) is 3. The molecule has 0 radical (unpaired) electrons. The number of aromatic amines is 1. The number of nitrogens with zero attached hydrogens (tertiary/aromatic N) is 6. The third-order valence-corrected chi connectivity index (χ3v) is 5.05. The maximum Gasteiger partial charge on any atom is 0.265 e. The van der Waals surface area contributed by atoms with Crippen molar-refractivity contribution in [3.05, 3.63) is 41.4 Å². The molecule has 0 bridgehead atoms. The zero-order valence-electron chi connectivity index (χ0n) is 18.4. The zero-order valence-corrected chi connectivity index (χ0v) is 18.4. The molecule has 182 valence electrons. The van der Waals surface area contributed by atoms with Crippen LogP contribution in [0.15, 0.2) is 18.3 Å². The number of aromatic nitrogens is 6. The first-order valence-electron chi connectivity index (χ1n) is 10.5. The summed E-state index contributed by atoms with van der Waals surface area (Å²) < 4.78 is 61.0. The zero-order chi connectivity index (χ0) is 24.3. The van der Waals surface area contributed by atoms with E-state index in [-0.39, 0.29) is 43.0 Å². The molecule has 0 aromatic carbocycles. The van der Waals surface area contributed by atoms with Crippen molar-refractivity contribution in [1.29, 1.82) is 0 Å². The van der Waals surface area contributed by atoms with Crippen LogP contribution in [0.1, 0.15) is 30.3 Å². The molecule has 1 atom stereocenters. The molecule has 3 N–H and O–H groups in total. The second kappa shape index (κ2) is 9.75. The van der Waals surface area contributed by atoms with E-state index in [1.165, 1.54) is 12.0 Å². The topological polar surface area (TPSA) is 117 Å². The molecule has 1 fully saturated rings. The van der Waals surface area contributed by atoms with Crippen molar-refractivity contribution in [3.63, 3.8) is 0 Å². The first kappa shape index (κ1) is 23.6. The number of hydrogen-bond acceptors (Lipinski definition) is 9. The Bertz CT molecular complexity index is 1140. The molecule has 1 aliphatic heterocycles. The molecule has 10 nitrogen and oxygen atoms in total. The Balaban J connectivity index is 1.68. The van der Waals surface area contributed by atoms with Gasteiger partial charge in [0.2, 0.25) is 17.8 Å². The van der Waals surface area contributed by atoms with Gasteiger partial charge in [-0.25, -0.2) is 17.6 Å². The molecule has 1 saturated heterocycles. The van der Waals surface area contributed by atoms with Gasteiger partial charge in [-0.2, -0.15) is 20.1 Å². The SMILES string of the molecule is COCC(Nc1nc(Nc2cc(C)[nH]n2)nc(N2CCCC(F)(F)C2)n1)c1ncc(F)cc1F. The summed E-state index contributed by atoms with van der Waals surface area (Å²) in [6, 6.07) is 1.51. The molecule has 0 saturated carbocycles. The number of anilines is 4. The number of rotatable bonds is 8. The summed E-state index contributed by atoms with van der Waals surface area (Å²) in [4.78, 5) is 18.0. The van der Waals surface area contributed by atoms with Crippen LogP contribution in [-0.2, 0) is 4.74 Å². The van der Waals surface area contributed by atoms with Crippen molar-refractivity contribution in [3.8, 4) is 0 Å². The van der Waals surface area contributed by atoms with Gasteiger partial charge in [-0.1, -0.05) is 0 Å². The predicted octanol–water partition coefficient (Wildman–Crippen LogP) is 3.36. The summed E-state index contributed by atoms with van der Waals surface area (Å²) in [6.07, 6.45) is 0.923. The second-order valence-corrected chi connectivity index (χ2v) is 7.90. The highest BCUT2D eigenvalue weighted by molar-refractivity contribution is 5.53. The molecule has 3 aromatic rings. The quantitative estimate of drug-likeness (QED) is 0.417. The molecule has 0 aliphatic carbocycles. The minimum absolute atomic E-state index is 0.00957. The summed E-state index contributed by atoms with van der Waals surface area (Å²) >= 11 is 0. The summed E-state index contributed by atoms with van der Waals surface area (Å²) in [5, 5.41) is 12.6. The van der Waals surface area contributed by atoms with E-state index in [0.717, 1.165) is 11.9 Å². The number of H-pyrrole nitrogens is 1. The van der Waals surface area contributed by atoms with E-state index in [2.05, 4.69) is 40.8 Å². The van der Waals surface area contributed by atoms with Gasteiger partial charge in [-0.3, -0.25) is 10.1 Å². The summed E-state index contributed by atoms with van der Waals surface area (Å²) in [5.41, 5.74) is 0.663. The van der Waals surface area contributed by atoms with Crippen molar-refractivity contribution in [2.24, 2.45) is 0 Å². The van der Waals surface area contributed by atoms with E-state index in [4.69, 9.17) is 4.74 Å². The van der Waals surface area contributed by atoms with Crippen LogP contribution >= 0.6 is 0 Å². The van der Waals surface area contributed by atoms with Crippen LogP contribution in [0.2, 0.25) is 0 Å². The van der Waals surface area contributed by atoms with Gasteiger partial charge in [0, 0.05) is 37.9 Å². The van der Waals surface area contributed by atoms with Gasteiger partial charge in [-0.05, 0) is 13.3 Å². The van der Waals surface area contributed by atoms with Crippen LogP contribution in [-0.4, -0.2) is 62.9 Å². The number of alkyl halides is 2. The fourth-order valence-corrected chi connectivity index (χ4v) is 3.55. The van der Waals surface area contributed by atoms with E-state index in [1.807, 2.05) is 0 Å². The normalized spacial score (nSPS) is 16.4. The molecule has 0 spiro atoms. The monoisotopic (exact) mass is 481 g/mol. The van der Waals surface area contributed by atoms with Crippen LogP contribution < -0.4 is 15.5 Å². The standard InChI is InChI=1S/C20H23F4N9O/c1-11-6-15(32-31-11)27-18-28-17(29-19(30-18)33-5-3-4-20(23,24)10-33)26-14(9-34-2)16-13(22)7-12(21)8-25-16/h6-8,14H,3-5,9-10H2,1-2H3,(H3,26,27,28,29,30,31,32). The van der Waals surface area contributed by atoms with Crippen LogP contribution in [0.25, 0.3) is 0 Å². The van der Waals surface area contributed by atoms with Gasteiger partial charge in [0.05, 0.1) is 25.4 Å². The Morgan fingerprint density at radius 1 is 1.21 bits per heavy atom. The van der Waals surface area contributed by atoms with Crippen LogP contribution in [0.5, 0.6) is 0 Å². The van der Waals surface area contributed by atoms with Gasteiger partial charge in [-0.15, -0.1) is 0 Å². The summed E-state index contributed by atoms with van der Waals surface area (Å²) in [5.74, 6) is -4.18. The number of piperidine rings is 1. The smallest absolute Gasteiger partial charge is 0.265 e. The van der Waals surface area contributed by atoms with Crippen LogP contribution in [0.4, 0.5) is 41.2 Å². The third kappa shape index (κ3) is 5.68. The fraction of sp³-hybridized carbons (Fsp3) is 0.450. The Labute approximate surface area is 192 Å². The molecule has 3 aromatic heterocycles.